The van der Waals surface area contributed by atoms with Gasteiger partial charge in [-0.05, 0) is 60.5 Å². The number of methoxy groups -OCH3 is 1. The molecule has 0 aliphatic rings. The molecule has 0 N–H and O–H groups in total. The van der Waals surface area contributed by atoms with Crippen molar-refractivity contribution in [1.29, 1.82) is 0 Å². The van der Waals surface area contributed by atoms with E-state index in [0.29, 0.717) is 17.4 Å². The summed E-state index contributed by atoms with van der Waals surface area (Å²) in [5.74, 6) is -2.56. The van der Waals surface area contributed by atoms with Crippen molar-refractivity contribution in [3.8, 4) is 5.75 Å². The molecule has 0 amide bonds. The standard InChI is InChI=1S/C20H17F3N2O3S/c1-13-9-16(28-2)5-3-14(13)12-25(20-8-4-15(21)11-24-20)29(26,27)17-6-7-18(22)19(23)10-17/h3-11H,12H2,1-2H3. The number of pyridine rings is 1. The number of hydrogen-bond acceptors (Lipinski definition) is 4. The highest BCUT2D eigenvalue weighted by Crippen LogP contribution is 2.27. The molecule has 0 bridgehead atoms. The van der Waals surface area contributed by atoms with Crippen LogP contribution in [0.25, 0.3) is 0 Å². The lowest BCUT2D eigenvalue weighted by Gasteiger charge is -2.24. The Morgan fingerprint density at radius 3 is 2.34 bits per heavy atom. The van der Waals surface area contributed by atoms with E-state index < -0.39 is 32.4 Å². The van der Waals surface area contributed by atoms with E-state index in [1.807, 2.05) is 0 Å². The minimum absolute atomic E-state index is 0.0636. The van der Waals surface area contributed by atoms with E-state index in [1.54, 1.807) is 25.1 Å². The Hall–Kier alpha value is -3.07. The number of sulfonamides is 1. The summed E-state index contributed by atoms with van der Waals surface area (Å²) in [6.45, 7) is 1.62. The maximum Gasteiger partial charge on any atom is 0.265 e. The van der Waals surface area contributed by atoms with Crippen LogP contribution in [0.2, 0.25) is 0 Å². The molecule has 0 radical (unpaired) electrons. The summed E-state index contributed by atoms with van der Waals surface area (Å²) in [5.41, 5.74) is 1.38. The highest BCUT2D eigenvalue weighted by Gasteiger charge is 2.28. The number of aryl methyl sites for hydroxylation is 1. The highest BCUT2D eigenvalue weighted by atomic mass is 32.2. The Morgan fingerprint density at radius 2 is 1.76 bits per heavy atom. The molecule has 0 aliphatic carbocycles. The van der Waals surface area contributed by atoms with Crippen molar-refractivity contribution < 1.29 is 26.3 Å². The second-order valence-corrected chi connectivity index (χ2v) is 8.08. The van der Waals surface area contributed by atoms with Crippen molar-refractivity contribution in [2.75, 3.05) is 11.4 Å². The van der Waals surface area contributed by atoms with Gasteiger partial charge in [-0.15, -0.1) is 0 Å². The zero-order valence-electron chi connectivity index (χ0n) is 15.6. The van der Waals surface area contributed by atoms with E-state index in [-0.39, 0.29) is 12.4 Å². The molecule has 1 aromatic heterocycles. The zero-order chi connectivity index (χ0) is 21.2. The van der Waals surface area contributed by atoms with Gasteiger partial charge in [-0.2, -0.15) is 0 Å². The number of aromatic nitrogens is 1. The average Bonchev–Trinajstić information content (AvgIpc) is 2.69. The van der Waals surface area contributed by atoms with Crippen LogP contribution >= 0.6 is 0 Å². The van der Waals surface area contributed by atoms with Crippen molar-refractivity contribution >= 4 is 15.8 Å². The summed E-state index contributed by atoms with van der Waals surface area (Å²) in [4.78, 5) is 3.40. The van der Waals surface area contributed by atoms with E-state index in [2.05, 4.69) is 4.98 Å². The van der Waals surface area contributed by atoms with E-state index in [0.717, 1.165) is 34.3 Å². The lowest BCUT2D eigenvalue weighted by atomic mass is 10.1. The molecule has 5 nitrogen and oxygen atoms in total. The molecule has 0 atom stereocenters. The van der Waals surface area contributed by atoms with E-state index in [4.69, 9.17) is 4.74 Å². The first-order valence-corrected chi connectivity index (χ1v) is 9.89. The number of ether oxygens (including phenoxy) is 1. The van der Waals surface area contributed by atoms with Gasteiger partial charge in [0.05, 0.1) is 24.7 Å². The Labute approximate surface area is 166 Å². The molecular weight excluding hydrogens is 405 g/mol. The van der Waals surface area contributed by atoms with Crippen LogP contribution in [0.3, 0.4) is 0 Å². The first-order chi connectivity index (χ1) is 13.7. The molecular formula is C20H17F3N2O3S. The lowest BCUT2D eigenvalue weighted by Crippen LogP contribution is -2.31. The highest BCUT2D eigenvalue weighted by molar-refractivity contribution is 7.92. The van der Waals surface area contributed by atoms with Gasteiger partial charge in [0.1, 0.15) is 17.4 Å². The van der Waals surface area contributed by atoms with Crippen LogP contribution in [0.15, 0.2) is 59.6 Å². The molecule has 9 heteroatoms. The molecule has 2 aromatic carbocycles. The van der Waals surface area contributed by atoms with Gasteiger partial charge in [0.25, 0.3) is 10.0 Å². The third kappa shape index (κ3) is 4.34. The van der Waals surface area contributed by atoms with Gasteiger partial charge in [-0.25, -0.2) is 30.9 Å². The molecule has 1 heterocycles. The molecule has 3 aromatic rings. The third-order valence-electron chi connectivity index (χ3n) is 4.31. The number of halogens is 3. The van der Waals surface area contributed by atoms with Crippen molar-refractivity contribution in [1.82, 2.24) is 4.98 Å². The summed E-state index contributed by atoms with van der Waals surface area (Å²) in [6.07, 6.45) is 0.879. The predicted molar refractivity (Wildman–Crippen MR) is 102 cm³/mol. The number of anilines is 1. The molecule has 0 aliphatic heterocycles. The Morgan fingerprint density at radius 1 is 1.00 bits per heavy atom. The van der Waals surface area contributed by atoms with Gasteiger partial charge >= 0.3 is 0 Å². The first kappa shape index (κ1) is 20.7. The number of rotatable bonds is 6. The van der Waals surface area contributed by atoms with Crippen LogP contribution in [-0.4, -0.2) is 20.5 Å². The van der Waals surface area contributed by atoms with E-state index in [1.165, 1.54) is 13.2 Å². The second kappa shape index (κ2) is 8.12. The molecule has 0 unspecified atom stereocenters. The average molecular weight is 422 g/mol. The summed E-state index contributed by atoms with van der Waals surface area (Å²) in [5, 5.41) is 0. The molecule has 0 saturated carbocycles. The quantitative estimate of drug-likeness (QED) is 0.597. The third-order valence-corrected chi connectivity index (χ3v) is 6.06. The van der Waals surface area contributed by atoms with Crippen LogP contribution in [0.1, 0.15) is 11.1 Å². The fraction of sp³-hybridized carbons (Fsp3) is 0.150. The second-order valence-electron chi connectivity index (χ2n) is 6.21. The fourth-order valence-electron chi connectivity index (χ4n) is 2.70. The van der Waals surface area contributed by atoms with Crippen molar-refractivity contribution in [2.45, 2.75) is 18.4 Å². The van der Waals surface area contributed by atoms with Crippen LogP contribution in [0.5, 0.6) is 5.75 Å². The van der Waals surface area contributed by atoms with Crippen molar-refractivity contribution in [2.24, 2.45) is 0 Å². The Balaban J connectivity index is 2.10. The van der Waals surface area contributed by atoms with E-state index in [9.17, 15) is 21.6 Å². The minimum Gasteiger partial charge on any atom is -0.497 e. The summed E-state index contributed by atoms with van der Waals surface area (Å²) < 4.78 is 72.7. The van der Waals surface area contributed by atoms with Crippen molar-refractivity contribution in [3.05, 3.63) is 83.3 Å². The van der Waals surface area contributed by atoms with Gasteiger partial charge in [0.2, 0.25) is 0 Å². The minimum atomic E-state index is -4.33. The van der Waals surface area contributed by atoms with Gasteiger partial charge in [0, 0.05) is 0 Å². The zero-order valence-corrected chi connectivity index (χ0v) is 16.4. The van der Waals surface area contributed by atoms with Gasteiger partial charge in [-0.3, -0.25) is 0 Å². The fourth-order valence-corrected chi connectivity index (χ4v) is 4.11. The number of hydrogen-bond donors (Lipinski definition) is 0. The summed E-state index contributed by atoms with van der Waals surface area (Å²) in [6, 6.07) is 9.65. The van der Waals surface area contributed by atoms with Crippen LogP contribution < -0.4 is 9.04 Å². The first-order valence-electron chi connectivity index (χ1n) is 8.45. The molecule has 0 fully saturated rings. The summed E-state index contributed by atoms with van der Waals surface area (Å²) >= 11 is 0. The van der Waals surface area contributed by atoms with Crippen LogP contribution in [-0.2, 0) is 16.6 Å². The molecule has 0 spiro atoms. The summed E-state index contributed by atoms with van der Waals surface area (Å²) in [7, 11) is -2.82. The van der Waals surface area contributed by atoms with Crippen LogP contribution in [0, 0.1) is 24.4 Å². The molecule has 29 heavy (non-hydrogen) atoms. The predicted octanol–water partition coefficient (Wildman–Crippen LogP) is 4.21. The normalized spacial score (nSPS) is 11.3. The lowest BCUT2D eigenvalue weighted by molar-refractivity contribution is 0.414. The van der Waals surface area contributed by atoms with Crippen LogP contribution in [0.4, 0.5) is 19.0 Å². The van der Waals surface area contributed by atoms with E-state index >= 15 is 0 Å². The van der Waals surface area contributed by atoms with Gasteiger partial charge in [0.15, 0.2) is 11.6 Å². The smallest absolute Gasteiger partial charge is 0.265 e. The number of nitrogens with zero attached hydrogens (tertiary/aromatic N) is 2. The topological polar surface area (TPSA) is 59.5 Å². The molecule has 0 saturated heterocycles. The maximum absolute atomic E-state index is 13.7. The molecule has 3 rings (SSSR count). The Bertz CT molecular complexity index is 1140. The Kier molecular flexibility index (Phi) is 5.78. The monoisotopic (exact) mass is 422 g/mol. The van der Waals surface area contributed by atoms with Gasteiger partial charge in [-0.1, -0.05) is 6.07 Å². The number of benzene rings is 2. The largest absolute Gasteiger partial charge is 0.497 e. The van der Waals surface area contributed by atoms with Gasteiger partial charge < -0.3 is 4.74 Å². The maximum atomic E-state index is 13.7. The molecule has 152 valence electrons. The SMILES string of the molecule is COc1ccc(CN(c2ccc(F)cn2)S(=O)(=O)c2ccc(F)c(F)c2)c(C)c1. The van der Waals surface area contributed by atoms with Crippen molar-refractivity contribution in [3.63, 3.8) is 0 Å².